The molecular weight excluding hydrogens is 294 g/mol. The van der Waals surface area contributed by atoms with Crippen LogP contribution in [-0.2, 0) is 14.3 Å². The smallest absolute Gasteiger partial charge is 0.313 e. The van der Waals surface area contributed by atoms with Crippen LogP contribution in [0.5, 0.6) is 0 Å². The summed E-state index contributed by atoms with van der Waals surface area (Å²) in [4.78, 5) is 29.0. The van der Waals surface area contributed by atoms with Crippen molar-refractivity contribution in [2.24, 2.45) is 15.9 Å². The molecule has 2 aliphatic rings. The monoisotopic (exact) mass is 315 g/mol. The lowest BCUT2D eigenvalue weighted by atomic mass is 9.66. The Bertz CT molecular complexity index is 698. The number of hydrazone groups is 1. The fourth-order valence-corrected chi connectivity index (χ4v) is 3.61. The van der Waals surface area contributed by atoms with Crippen LogP contribution in [0.15, 0.2) is 29.6 Å². The SMILES string of the molecule is C/C(=N\NC(=O)C12CCC(C)(C(=O)O1)C2(C)C)c1cccnc1. The van der Waals surface area contributed by atoms with E-state index in [1.165, 1.54) is 0 Å². The highest BCUT2D eigenvalue weighted by atomic mass is 16.6. The molecule has 3 rings (SSSR count). The molecule has 1 aromatic heterocycles. The molecule has 1 aromatic rings. The highest BCUT2D eigenvalue weighted by Crippen LogP contribution is 2.65. The zero-order valence-corrected chi connectivity index (χ0v) is 13.8. The molecule has 0 aromatic carbocycles. The standard InChI is InChI=1S/C17H21N3O3/c1-11(12-6-5-9-18-10-12)19-20-13(21)17-8-7-16(4,14(22)23-17)15(17,2)3/h5-6,9-10H,7-8H2,1-4H3,(H,20,21)/b19-11+. The Labute approximate surface area is 135 Å². The zero-order valence-electron chi connectivity index (χ0n) is 13.8. The van der Waals surface area contributed by atoms with E-state index in [-0.39, 0.29) is 11.9 Å². The normalized spacial score (nSPS) is 31.8. The second-order valence-corrected chi connectivity index (χ2v) is 7.05. The Balaban J connectivity index is 1.83. The van der Waals surface area contributed by atoms with Gasteiger partial charge in [0.1, 0.15) is 0 Å². The van der Waals surface area contributed by atoms with Crippen LogP contribution in [0, 0.1) is 10.8 Å². The van der Waals surface area contributed by atoms with E-state index in [2.05, 4.69) is 15.5 Å². The van der Waals surface area contributed by atoms with E-state index < -0.39 is 16.4 Å². The first-order valence-electron chi connectivity index (χ1n) is 7.73. The molecule has 0 spiro atoms. The van der Waals surface area contributed by atoms with E-state index in [0.717, 1.165) is 5.56 Å². The van der Waals surface area contributed by atoms with E-state index >= 15 is 0 Å². The van der Waals surface area contributed by atoms with Gasteiger partial charge in [0, 0.05) is 23.4 Å². The number of esters is 1. The van der Waals surface area contributed by atoms with Gasteiger partial charge in [-0.1, -0.05) is 19.9 Å². The fourth-order valence-electron chi connectivity index (χ4n) is 3.61. The highest BCUT2D eigenvalue weighted by molar-refractivity contribution is 6.00. The van der Waals surface area contributed by atoms with Crippen molar-refractivity contribution < 1.29 is 14.3 Å². The Morgan fingerprint density at radius 2 is 2.09 bits per heavy atom. The maximum atomic E-state index is 12.8. The Morgan fingerprint density at radius 3 is 2.61 bits per heavy atom. The van der Waals surface area contributed by atoms with Gasteiger partial charge in [0.2, 0.25) is 0 Å². The molecule has 2 fully saturated rings. The molecule has 2 heterocycles. The van der Waals surface area contributed by atoms with Gasteiger partial charge in [0.05, 0.1) is 11.1 Å². The molecule has 1 aliphatic carbocycles. The summed E-state index contributed by atoms with van der Waals surface area (Å²) in [6, 6.07) is 3.67. The summed E-state index contributed by atoms with van der Waals surface area (Å²) >= 11 is 0. The summed E-state index contributed by atoms with van der Waals surface area (Å²) in [7, 11) is 0. The molecule has 2 unspecified atom stereocenters. The van der Waals surface area contributed by atoms with E-state index in [0.29, 0.717) is 18.6 Å². The molecule has 122 valence electrons. The van der Waals surface area contributed by atoms with Crippen molar-refractivity contribution in [1.29, 1.82) is 0 Å². The van der Waals surface area contributed by atoms with Crippen LogP contribution in [0.25, 0.3) is 0 Å². The molecule has 2 bridgehead atoms. The Morgan fingerprint density at radius 1 is 1.35 bits per heavy atom. The molecule has 1 saturated heterocycles. The third kappa shape index (κ3) is 1.93. The van der Waals surface area contributed by atoms with Crippen LogP contribution in [-0.4, -0.2) is 28.2 Å². The second-order valence-electron chi connectivity index (χ2n) is 7.05. The summed E-state index contributed by atoms with van der Waals surface area (Å²) in [6.07, 6.45) is 4.52. The van der Waals surface area contributed by atoms with Crippen molar-refractivity contribution in [2.45, 2.75) is 46.1 Å². The number of ether oxygens (including phenoxy) is 1. The lowest BCUT2D eigenvalue weighted by molar-refractivity contribution is -0.168. The number of fused-ring (bicyclic) bond motifs is 2. The van der Waals surface area contributed by atoms with Crippen molar-refractivity contribution in [3.63, 3.8) is 0 Å². The van der Waals surface area contributed by atoms with Crippen molar-refractivity contribution in [3.05, 3.63) is 30.1 Å². The van der Waals surface area contributed by atoms with Crippen molar-refractivity contribution in [1.82, 2.24) is 10.4 Å². The van der Waals surface area contributed by atoms with Gasteiger partial charge in [0.25, 0.3) is 5.91 Å². The minimum atomic E-state index is -1.14. The predicted octanol–water partition coefficient (Wildman–Crippen LogP) is 2.04. The highest BCUT2D eigenvalue weighted by Gasteiger charge is 2.75. The van der Waals surface area contributed by atoms with Gasteiger partial charge in [-0.25, -0.2) is 5.43 Å². The summed E-state index contributed by atoms with van der Waals surface area (Å²) in [5, 5.41) is 4.15. The van der Waals surface area contributed by atoms with Gasteiger partial charge >= 0.3 is 5.97 Å². The Kier molecular flexibility index (Phi) is 3.32. The van der Waals surface area contributed by atoms with Crippen molar-refractivity contribution >= 4 is 17.6 Å². The van der Waals surface area contributed by atoms with E-state index in [1.54, 1.807) is 25.4 Å². The number of amides is 1. The van der Waals surface area contributed by atoms with Crippen LogP contribution in [0.2, 0.25) is 0 Å². The quantitative estimate of drug-likeness (QED) is 0.526. The average Bonchev–Trinajstić information content (AvgIpc) is 2.83. The first-order chi connectivity index (χ1) is 10.7. The number of nitrogens with one attached hydrogen (secondary N) is 1. The third-order valence-electron chi connectivity index (χ3n) is 5.85. The van der Waals surface area contributed by atoms with Gasteiger partial charge < -0.3 is 4.74 Å². The molecular formula is C17H21N3O3. The fraction of sp³-hybridized carbons (Fsp3) is 0.529. The van der Waals surface area contributed by atoms with Crippen LogP contribution >= 0.6 is 0 Å². The number of carbonyl (C=O) groups excluding carboxylic acids is 2. The van der Waals surface area contributed by atoms with Gasteiger partial charge in [-0.2, -0.15) is 5.10 Å². The lowest BCUT2D eigenvalue weighted by Gasteiger charge is -2.34. The number of pyridine rings is 1. The molecule has 1 aliphatic heterocycles. The summed E-state index contributed by atoms with van der Waals surface area (Å²) < 4.78 is 5.53. The van der Waals surface area contributed by atoms with Crippen LogP contribution < -0.4 is 5.43 Å². The second kappa shape index (κ2) is 4.88. The number of carbonyl (C=O) groups is 2. The third-order valence-corrected chi connectivity index (χ3v) is 5.85. The molecule has 0 radical (unpaired) electrons. The van der Waals surface area contributed by atoms with Crippen LogP contribution in [0.4, 0.5) is 0 Å². The van der Waals surface area contributed by atoms with Gasteiger partial charge in [0.15, 0.2) is 5.60 Å². The summed E-state index contributed by atoms with van der Waals surface area (Å²) in [5.74, 6) is -0.655. The average molecular weight is 315 g/mol. The van der Waals surface area contributed by atoms with Crippen molar-refractivity contribution in [2.75, 3.05) is 0 Å². The predicted molar refractivity (Wildman–Crippen MR) is 84.5 cm³/mol. The maximum Gasteiger partial charge on any atom is 0.313 e. The van der Waals surface area contributed by atoms with Gasteiger partial charge in [-0.05, 0) is 32.8 Å². The molecule has 23 heavy (non-hydrogen) atoms. The largest absolute Gasteiger partial charge is 0.448 e. The molecule has 1 N–H and O–H groups in total. The first-order valence-corrected chi connectivity index (χ1v) is 7.73. The molecule has 1 saturated carbocycles. The van der Waals surface area contributed by atoms with Crippen LogP contribution in [0.3, 0.4) is 0 Å². The number of hydrogen-bond acceptors (Lipinski definition) is 5. The van der Waals surface area contributed by atoms with Gasteiger partial charge in [-0.3, -0.25) is 14.6 Å². The first kappa shape index (κ1) is 15.6. The number of nitrogens with zero attached hydrogens (tertiary/aromatic N) is 2. The number of aromatic nitrogens is 1. The molecule has 1 amide bonds. The zero-order chi connectivity index (χ0) is 16.9. The van der Waals surface area contributed by atoms with E-state index in [1.807, 2.05) is 26.8 Å². The minimum absolute atomic E-state index is 0.295. The number of rotatable bonds is 3. The van der Waals surface area contributed by atoms with Crippen LogP contribution in [0.1, 0.15) is 46.1 Å². The number of hydrogen-bond donors (Lipinski definition) is 1. The maximum absolute atomic E-state index is 12.8. The van der Waals surface area contributed by atoms with Crippen molar-refractivity contribution in [3.8, 4) is 0 Å². The summed E-state index contributed by atoms with van der Waals surface area (Å²) in [5.41, 5.74) is 1.72. The van der Waals surface area contributed by atoms with E-state index in [9.17, 15) is 9.59 Å². The molecule has 6 heteroatoms. The lowest BCUT2D eigenvalue weighted by Crippen LogP contribution is -2.52. The Hall–Kier alpha value is -2.24. The summed E-state index contributed by atoms with van der Waals surface area (Å²) in [6.45, 7) is 7.51. The topological polar surface area (TPSA) is 80.7 Å². The van der Waals surface area contributed by atoms with E-state index in [4.69, 9.17) is 4.74 Å². The molecule has 6 nitrogen and oxygen atoms in total. The molecule has 2 atom stereocenters. The minimum Gasteiger partial charge on any atom is -0.448 e. The van der Waals surface area contributed by atoms with Gasteiger partial charge in [-0.15, -0.1) is 0 Å².